The molecule has 0 bridgehead atoms. The van der Waals surface area contributed by atoms with Crippen LogP contribution in [-0.2, 0) is 0 Å². The second kappa shape index (κ2) is 7.77. The number of imidazole rings is 1. The first-order chi connectivity index (χ1) is 12.5. The molecular weight excluding hydrogens is 328 g/mol. The van der Waals surface area contributed by atoms with Gasteiger partial charge in [-0.15, -0.1) is 0 Å². The smallest absolute Gasteiger partial charge is 0.251 e. The highest BCUT2D eigenvalue weighted by atomic mass is 16.1. The van der Waals surface area contributed by atoms with Gasteiger partial charge in [0.05, 0.1) is 0 Å². The van der Waals surface area contributed by atoms with Crippen LogP contribution in [0.25, 0.3) is 5.82 Å². The molecule has 0 aliphatic heterocycles. The van der Waals surface area contributed by atoms with E-state index in [1.165, 1.54) is 6.33 Å². The molecule has 3 rings (SSSR count). The fourth-order valence-electron chi connectivity index (χ4n) is 2.64. The largest absolute Gasteiger partial charge is 0.368 e. The number of benzene rings is 1. The lowest BCUT2D eigenvalue weighted by atomic mass is 10.1. The van der Waals surface area contributed by atoms with E-state index in [0.29, 0.717) is 24.5 Å². The van der Waals surface area contributed by atoms with Gasteiger partial charge in [0.2, 0.25) is 0 Å². The Balaban J connectivity index is 1.55. The quantitative estimate of drug-likeness (QED) is 0.667. The molecule has 0 aliphatic carbocycles. The molecule has 0 spiro atoms. The Kier molecular flexibility index (Phi) is 5.26. The van der Waals surface area contributed by atoms with Crippen LogP contribution in [0.4, 0.5) is 5.82 Å². The van der Waals surface area contributed by atoms with Crippen molar-refractivity contribution in [1.29, 1.82) is 0 Å². The van der Waals surface area contributed by atoms with E-state index in [1.54, 1.807) is 6.20 Å². The minimum Gasteiger partial charge on any atom is -0.368 e. The van der Waals surface area contributed by atoms with E-state index in [4.69, 9.17) is 0 Å². The van der Waals surface area contributed by atoms with Gasteiger partial charge in [-0.2, -0.15) is 0 Å². The Morgan fingerprint density at radius 1 is 1.08 bits per heavy atom. The molecule has 0 radical (unpaired) electrons. The van der Waals surface area contributed by atoms with Crippen molar-refractivity contribution in [3.63, 3.8) is 0 Å². The highest BCUT2D eigenvalue weighted by Gasteiger charge is 2.08. The summed E-state index contributed by atoms with van der Waals surface area (Å²) in [4.78, 5) is 25.0. The molecule has 7 nitrogen and oxygen atoms in total. The van der Waals surface area contributed by atoms with Crippen LogP contribution in [0.15, 0.2) is 43.0 Å². The SMILES string of the molecule is Cc1ccc(C)c(C(=O)NCCNc2cc(-n3ccnc3C)ncn2)c1. The highest BCUT2D eigenvalue weighted by Crippen LogP contribution is 2.11. The summed E-state index contributed by atoms with van der Waals surface area (Å²) in [5.41, 5.74) is 2.75. The van der Waals surface area contributed by atoms with Crippen molar-refractivity contribution in [1.82, 2.24) is 24.8 Å². The maximum atomic E-state index is 12.3. The van der Waals surface area contributed by atoms with Gasteiger partial charge in [0.15, 0.2) is 0 Å². The van der Waals surface area contributed by atoms with Gasteiger partial charge in [0.1, 0.15) is 23.8 Å². The number of aryl methyl sites for hydroxylation is 3. The molecule has 0 unspecified atom stereocenters. The lowest BCUT2D eigenvalue weighted by Gasteiger charge is -2.10. The summed E-state index contributed by atoms with van der Waals surface area (Å²) in [5.74, 6) is 2.24. The van der Waals surface area contributed by atoms with Crippen LogP contribution in [0.1, 0.15) is 27.3 Å². The number of carbonyl (C=O) groups excluding carboxylic acids is 1. The highest BCUT2D eigenvalue weighted by molar-refractivity contribution is 5.95. The van der Waals surface area contributed by atoms with Crippen LogP contribution in [0.2, 0.25) is 0 Å². The predicted molar refractivity (Wildman–Crippen MR) is 101 cm³/mol. The molecule has 0 aliphatic rings. The summed E-state index contributed by atoms with van der Waals surface area (Å²) in [6, 6.07) is 7.72. The molecule has 2 heterocycles. The molecule has 1 aromatic carbocycles. The molecule has 7 heteroatoms. The number of amides is 1. The van der Waals surface area contributed by atoms with E-state index in [9.17, 15) is 4.79 Å². The molecule has 2 aromatic heterocycles. The minimum absolute atomic E-state index is 0.0644. The Morgan fingerprint density at radius 3 is 2.69 bits per heavy atom. The molecule has 26 heavy (non-hydrogen) atoms. The number of nitrogens with zero attached hydrogens (tertiary/aromatic N) is 4. The maximum absolute atomic E-state index is 12.3. The molecule has 0 atom stereocenters. The van der Waals surface area contributed by atoms with E-state index >= 15 is 0 Å². The van der Waals surface area contributed by atoms with Gasteiger partial charge in [-0.1, -0.05) is 17.7 Å². The molecule has 0 saturated heterocycles. The number of hydrogen-bond acceptors (Lipinski definition) is 5. The van der Waals surface area contributed by atoms with E-state index in [0.717, 1.165) is 22.8 Å². The van der Waals surface area contributed by atoms with Crippen molar-refractivity contribution < 1.29 is 4.79 Å². The number of carbonyl (C=O) groups is 1. The van der Waals surface area contributed by atoms with Gasteiger partial charge in [-0.25, -0.2) is 15.0 Å². The van der Waals surface area contributed by atoms with Crippen molar-refractivity contribution in [2.24, 2.45) is 0 Å². The normalized spacial score (nSPS) is 10.6. The zero-order valence-electron chi connectivity index (χ0n) is 15.2. The maximum Gasteiger partial charge on any atom is 0.251 e. The van der Waals surface area contributed by atoms with Crippen LogP contribution in [0.5, 0.6) is 0 Å². The number of aromatic nitrogens is 4. The average Bonchev–Trinajstić information content (AvgIpc) is 3.07. The number of hydrogen-bond donors (Lipinski definition) is 2. The van der Waals surface area contributed by atoms with Crippen molar-refractivity contribution >= 4 is 11.7 Å². The molecular formula is C19H22N6O. The van der Waals surface area contributed by atoms with Crippen LogP contribution in [0.3, 0.4) is 0 Å². The first-order valence-corrected chi connectivity index (χ1v) is 8.46. The molecule has 0 fully saturated rings. The fraction of sp³-hybridized carbons (Fsp3) is 0.263. The Morgan fingerprint density at radius 2 is 1.92 bits per heavy atom. The van der Waals surface area contributed by atoms with Crippen LogP contribution < -0.4 is 10.6 Å². The zero-order valence-corrected chi connectivity index (χ0v) is 15.2. The Bertz CT molecular complexity index is 918. The van der Waals surface area contributed by atoms with Crippen molar-refractivity contribution in [2.75, 3.05) is 18.4 Å². The third-order valence-electron chi connectivity index (χ3n) is 4.08. The van der Waals surface area contributed by atoms with Crippen LogP contribution in [0, 0.1) is 20.8 Å². The molecule has 134 valence electrons. The standard InChI is InChI=1S/C19H22N6O/c1-13-4-5-14(2)16(10-13)19(26)22-7-6-21-17-11-18(24-12-23-17)25-9-8-20-15(25)3/h4-5,8-12H,6-7H2,1-3H3,(H,22,26)(H,21,23,24). The monoisotopic (exact) mass is 350 g/mol. The summed E-state index contributed by atoms with van der Waals surface area (Å²) < 4.78 is 1.88. The van der Waals surface area contributed by atoms with Gasteiger partial charge in [-0.3, -0.25) is 9.36 Å². The second-order valence-corrected chi connectivity index (χ2v) is 6.11. The first-order valence-electron chi connectivity index (χ1n) is 8.46. The summed E-state index contributed by atoms with van der Waals surface area (Å²) in [6.45, 7) is 6.89. The second-order valence-electron chi connectivity index (χ2n) is 6.11. The summed E-state index contributed by atoms with van der Waals surface area (Å²) >= 11 is 0. The van der Waals surface area contributed by atoms with Gasteiger partial charge in [-0.05, 0) is 32.4 Å². The van der Waals surface area contributed by atoms with Gasteiger partial charge in [0, 0.05) is 37.1 Å². The van der Waals surface area contributed by atoms with Gasteiger partial charge < -0.3 is 10.6 Å². The zero-order chi connectivity index (χ0) is 18.5. The first kappa shape index (κ1) is 17.6. The topological polar surface area (TPSA) is 84.7 Å². The summed E-state index contributed by atoms with van der Waals surface area (Å²) in [7, 11) is 0. The van der Waals surface area contributed by atoms with Crippen LogP contribution in [-0.4, -0.2) is 38.5 Å². The van der Waals surface area contributed by atoms with Crippen molar-refractivity contribution in [3.05, 3.63) is 65.5 Å². The summed E-state index contributed by atoms with van der Waals surface area (Å²) in [6.07, 6.45) is 5.09. The van der Waals surface area contributed by atoms with Gasteiger partial charge in [0.25, 0.3) is 5.91 Å². The van der Waals surface area contributed by atoms with Crippen molar-refractivity contribution in [3.8, 4) is 5.82 Å². The minimum atomic E-state index is -0.0644. The fourth-order valence-corrected chi connectivity index (χ4v) is 2.64. The molecule has 2 N–H and O–H groups in total. The average molecular weight is 350 g/mol. The number of rotatable bonds is 6. The van der Waals surface area contributed by atoms with Crippen molar-refractivity contribution in [2.45, 2.75) is 20.8 Å². The number of nitrogens with one attached hydrogen (secondary N) is 2. The third-order valence-corrected chi connectivity index (χ3v) is 4.08. The Labute approximate surface area is 152 Å². The van der Waals surface area contributed by atoms with E-state index in [2.05, 4.69) is 25.6 Å². The Hall–Kier alpha value is -3.22. The van der Waals surface area contributed by atoms with Gasteiger partial charge >= 0.3 is 0 Å². The molecule has 0 saturated carbocycles. The lowest BCUT2D eigenvalue weighted by molar-refractivity contribution is 0.0954. The number of anilines is 1. The predicted octanol–water partition coefficient (Wildman–Crippen LogP) is 2.43. The third kappa shape index (κ3) is 4.05. The van der Waals surface area contributed by atoms with E-state index in [-0.39, 0.29) is 5.91 Å². The molecule has 1 amide bonds. The molecule has 3 aromatic rings. The summed E-state index contributed by atoms with van der Waals surface area (Å²) in [5, 5.41) is 6.13. The van der Waals surface area contributed by atoms with E-state index in [1.807, 2.05) is 55.8 Å². The lowest BCUT2D eigenvalue weighted by Crippen LogP contribution is -2.29. The van der Waals surface area contributed by atoms with E-state index < -0.39 is 0 Å². The van der Waals surface area contributed by atoms with Crippen LogP contribution >= 0.6 is 0 Å².